The lowest BCUT2D eigenvalue weighted by Gasteiger charge is -2.36. The molecule has 1 aliphatic rings. The lowest BCUT2D eigenvalue weighted by Crippen LogP contribution is -2.56. The summed E-state index contributed by atoms with van der Waals surface area (Å²) >= 11 is 0. The van der Waals surface area contributed by atoms with Gasteiger partial charge in [-0.1, -0.05) is 30.3 Å². The number of hydrogen-bond donors (Lipinski definition) is 2. The summed E-state index contributed by atoms with van der Waals surface area (Å²) < 4.78 is 0. The van der Waals surface area contributed by atoms with Crippen molar-refractivity contribution in [1.82, 2.24) is 20.2 Å². The number of nitrogens with one attached hydrogen (secondary N) is 2. The number of rotatable bonds is 4. The maximum Gasteiger partial charge on any atom is 0.242 e. The van der Waals surface area contributed by atoms with Crippen LogP contribution in [-0.4, -0.2) is 52.5 Å². The molecular weight excluding hydrogens is 326 g/mol. The summed E-state index contributed by atoms with van der Waals surface area (Å²) in [6.45, 7) is 9.87. The van der Waals surface area contributed by atoms with Crippen LogP contribution in [0.4, 0.5) is 5.82 Å². The Kier molecular flexibility index (Phi) is 5.52. The zero-order valence-corrected chi connectivity index (χ0v) is 15.9. The maximum atomic E-state index is 12.6. The molecule has 1 fully saturated rings. The third-order valence-corrected chi connectivity index (χ3v) is 4.74. The average molecular weight is 353 g/mol. The van der Waals surface area contributed by atoms with Crippen LogP contribution in [0.15, 0.2) is 30.3 Å². The van der Waals surface area contributed by atoms with Crippen molar-refractivity contribution in [3.05, 3.63) is 41.6 Å². The van der Waals surface area contributed by atoms with Gasteiger partial charge in [0.05, 0.1) is 6.54 Å². The van der Waals surface area contributed by atoms with Crippen LogP contribution in [0.3, 0.4) is 0 Å². The summed E-state index contributed by atoms with van der Waals surface area (Å²) in [5, 5.41) is 6.67. The molecule has 2 atom stereocenters. The van der Waals surface area contributed by atoms with Gasteiger partial charge in [0.25, 0.3) is 0 Å². The fraction of sp³-hybridized carbons (Fsp3) is 0.450. The summed E-state index contributed by atoms with van der Waals surface area (Å²) in [6.07, 6.45) is 0. The molecule has 6 nitrogen and oxygen atoms in total. The zero-order chi connectivity index (χ0) is 18.7. The van der Waals surface area contributed by atoms with Gasteiger partial charge in [0.2, 0.25) is 5.91 Å². The monoisotopic (exact) mass is 353 g/mol. The summed E-state index contributed by atoms with van der Waals surface area (Å²) in [5.41, 5.74) is 2.85. The zero-order valence-electron chi connectivity index (χ0n) is 15.9. The van der Waals surface area contributed by atoms with Crippen molar-refractivity contribution in [2.24, 2.45) is 0 Å². The molecule has 138 valence electrons. The standard InChI is InChI=1S/C20H27N5O/c1-13-11-25(12-14(2)22-13)18(26)10-21-19-15(3)16(4)23-20(24-19)17-8-6-5-7-9-17/h5-9,13-14,22H,10-12H2,1-4H3,(H,21,23,24)/t13-,14+. The topological polar surface area (TPSA) is 70.2 Å². The van der Waals surface area contributed by atoms with Crippen LogP contribution in [0.2, 0.25) is 0 Å². The predicted octanol–water partition coefficient (Wildman–Crippen LogP) is 2.38. The molecule has 3 rings (SSSR count). The number of nitrogens with zero attached hydrogens (tertiary/aromatic N) is 3. The predicted molar refractivity (Wildman–Crippen MR) is 104 cm³/mol. The van der Waals surface area contributed by atoms with E-state index in [1.54, 1.807) is 0 Å². The maximum absolute atomic E-state index is 12.6. The van der Waals surface area contributed by atoms with E-state index < -0.39 is 0 Å². The highest BCUT2D eigenvalue weighted by atomic mass is 16.2. The number of carbonyl (C=O) groups excluding carboxylic acids is 1. The van der Waals surface area contributed by atoms with E-state index >= 15 is 0 Å². The molecule has 1 amide bonds. The summed E-state index contributed by atoms with van der Waals surface area (Å²) in [7, 11) is 0. The largest absolute Gasteiger partial charge is 0.361 e. The van der Waals surface area contributed by atoms with Crippen molar-refractivity contribution in [3.63, 3.8) is 0 Å². The smallest absolute Gasteiger partial charge is 0.242 e. The molecule has 0 spiro atoms. The van der Waals surface area contributed by atoms with Crippen molar-refractivity contribution in [1.29, 1.82) is 0 Å². The van der Waals surface area contributed by atoms with Crippen molar-refractivity contribution >= 4 is 11.7 Å². The molecule has 1 aromatic carbocycles. The number of carbonyl (C=O) groups is 1. The minimum Gasteiger partial charge on any atom is -0.361 e. The van der Waals surface area contributed by atoms with Gasteiger partial charge in [-0.2, -0.15) is 0 Å². The summed E-state index contributed by atoms with van der Waals surface area (Å²) in [6, 6.07) is 10.5. The quantitative estimate of drug-likeness (QED) is 0.883. The highest BCUT2D eigenvalue weighted by molar-refractivity contribution is 5.81. The second kappa shape index (κ2) is 7.83. The Labute approximate surface area is 155 Å². The Morgan fingerprint density at radius 3 is 2.46 bits per heavy atom. The third-order valence-electron chi connectivity index (χ3n) is 4.74. The first-order valence-corrected chi connectivity index (χ1v) is 9.12. The second-order valence-corrected chi connectivity index (χ2v) is 7.09. The van der Waals surface area contributed by atoms with Gasteiger partial charge in [0, 0.05) is 42.0 Å². The van der Waals surface area contributed by atoms with E-state index in [2.05, 4.69) is 34.4 Å². The van der Waals surface area contributed by atoms with Gasteiger partial charge < -0.3 is 15.5 Å². The first-order valence-electron chi connectivity index (χ1n) is 9.12. The summed E-state index contributed by atoms with van der Waals surface area (Å²) in [5.74, 6) is 1.50. The van der Waals surface area contributed by atoms with E-state index in [9.17, 15) is 4.79 Å². The summed E-state index contributed by atoms with van der Waals surface area (Å²) in [4.78, 5) is 23.8. The molecule has 0 radical (unpaired) electrons. The number of aromatic nitrogens is 2. The van der Waals surface area contributed by atoms with E-state index in [1.165, 1.54) is 0 Å². The van der Waals surface area contributed by atoms with Crippen molar-refractivity contribution in [3.8, 4) is 11.4 Å². The second-order valence-electron chi connectivity index (χ2n) is 7.09. The Bertz CT molecular complexity index is 767. The van der Waals surface area contributed by atoms with Crippen molar-refractivity contribution in [2.45, 2.75) is 39.8 Å². The van der Waals surface area contributed by atoms with Crippen LogP contribution in [0.1, 0.15) is 25.1 Å². The highest BCUT2D eigenvalue weighted by Crippen LogP contribution is 2.21. The molecule has 0 bridgehead atoms. The molecule has 2 aromatic rings. The van der Waals surface area contributed by atoms with E-state index in [1.807, 2.05) is 49.1 Å². The first-order chi connectivity index (χ1) is 12.4. The minimum absolute atomic E-state index is 0.0992. The Balaban J connectivity index is 1.73. The number of piperazine rings is 1. The molecule has 0 aliphatic carbocycles. The Hall–Kier alpha value is -2.47. The highest BCUT2D eigenvalue weighted by Gasteiger charge is 2.24. The van der Waals surface area contributed by atoms with Gasteiger partial charge in [0.15, 0.2) is 5.82 Å². The van der Waals surface area contributed by atoms with Gasteiger partial charge in [-0.25, -0.2) is 9.97 Å². The minimum atomic E-state index is 0.0992. The lowest BCUT2D eigenvalue weighted by atomic mass is 10.1. The van der Waals surface area contributed by atoms with E-state index in [0.29, 0.717) is 17.9 Å². The first kappa shape index (κ1) is 18.3. The molecule has 1 aromatic heterocycles. The van der Waals surface area contributed by atoms with Crippen molar-refractivity contribution < 1.29 is 4.79 Å². The van der Waals surface area contributed by atoms with Gasteiger partial charge >= 0.3 is 0 Å². The third kappa shape index (κ3) is 4.19. The molecule has 0 unspecified atom stereocenters. The average Bonchev–Trinajstić information content (AvgIpc) is 2.62. The fourth-order valence-electron chi connectivity index (χ4n) is 3.32. The number of benzene rings is 1. The van der Waals surface area contributed by atoms with Gasteiger partial charge in [-0.3, -0.25) is 4.79 Å². The van der Waals surface area contributed by atoms with Gasteiger partial charge in [-0.05, 0) is 27.7 Å². The van der Waals surface area contributed by atoms with Crippen LogP contribution in [0, 0.1) is 13.8 Å². The Morgan fingerprint density at radius 1 is 1.15 bits per heavy atom. The van der Waals surface area contributed by atoms with Crippen LogP contribution in [0.5, 0.6) is 0 Å². The molecule has 1 aliphatic heterocycles. The fourth-order valence-corrected chi connectivity index (χ4v) is 3.32. The normalized spacial score (nSPS) is 20.1. The number of hydrogen-bond acceptors (Lipinski definition) is 5. The van der Waals surface area contributed by atoms with Gasteiger partial charge in [0.1, 0.15) is 5.82 Å². The van der Waals surface area contributed by atoms with E-state index in [-0.39, 0.29) is 12.5 Å². The van der Waals surface area contributed by atoms with Gasteiger partial charge in [-0.15, -0.1) is 0 Å². The number of amides is 1. The number of anilines is 1. The SMILES string of the molecule is Cc1nc(-c2ccccc2)nc(NCC(=O)N2C[C@@H](C)N[C@@H](C)C2)c1C. The Morgan fingerprint density at radius 2 is 1.81 bits per heavy atom. The molecule has 0 saturated carbocycles. The molecule has 1 saturated heterocycles. The van der Waals surface area contributed by atoms with Crippen LogP contribution >= 0.6 is 0 Å². The molecule has 2 N–H and O–H groups in total. The van der Waals surface area contributed by atoms with Crippen molar-refractivity contribution in [2.75, 3.05) is 25.0 Å². The van der Waals surface area contributed by atoms with Crippen LogP contribution in [0.25, 0.3) is 11.4 Å². The lowest BCUT2D eigenvalue weighted by molar-refractivity contribution is -0.131. The number of aryl methyl sites for hydroxylation is 1. The van der Waals surface area contributed by atoms with E-state index in [0.717, 1.165) is 35.7 Å². The molecule has 26 heavy (non-hydrogen) atoms. The van der Waals surface area contributed by atoms with Crippen LogP contribution < -0.4 is 10.6 Å². The van der Waals surface area contributed by atoms with Crippen LogP contribution in [-0.2, 0) is 4.79 Å². The van der Waals surface area contributed by atoms with E-state index in [4.69, 9.17) is 0 Å². The molecular formula is C20H27N5O. The molecule has 6 heteroatoms. The molecule has 2 heterocycles.